The van der Waals surface area contributed by atoms with Gasteiger partial charge in [0.1, 0.15) is 0 Å². The summed E-state index contributed by atoms with van der Waals surface area (Å²) in [7, 11) is 0. The van der Waals surface area contributed by atoms with Crippen molar-refractivity contribution in [3.05, 3.63) is 34.9 Å². The number of rotatable bonds is 5. The number of benzene rings is 1. The van der Waals surface area contributed by atoms with Gasteiger partial charge in [0.2, 0.25) is 0 Å². The van der Waals surface area contributed by atoms with Crippen molar-refractivity contribution in [2.75, 3.05) is 19.6 Å². The van der Waals surface area contributed by atoms with Crippen molar-refractivity contribution in [1.29, 1.82) is 0 Å². The van der Waals surface area contributed by atoms with Crippen molar-refractivity contribution in [3.8, 4) is 0 Å². The summed E-state index contributed by atoms with van der Waals surface area (Å²) in [4.78, 5) is 2.80. The van der Waals surface area contributed by atoms with Crippen molar-refractivity contribution in [3.63, 3.8) is 0 Å². The van der Waals surface area contributed by atoms with Crippen molar-refractivity contribution >= 4 is 0 Å². The Morgan fingerprint density at radius 1 is 1.14 bits per heavy atom. The first-order valence-electron chi connectivity index (χ1n) is 8.69. The van der Waals surface area contributed by atoms with E-state index < -0.39 is 0 Å². The average molecular weight is 286 g/mol. The normalized spacial score (nSPS) is 21.7. The molecule has 3 rings (SSSR count). The monoisotopic (exact) mass is 286 g/mol. The number of hydrogen-bond donors (Lipinski definition) is 1. The molecule has 1 saturated carbocycles. The van der Waals surface area contributed by atoms with Gasteiger partial charge in [-0.1, -0.05) is 23.8 Å². The van der Waals surface area contributed by atoms with Crippen LogP contribution in [0.15, 0.2) is 18.2 Å². The maximum atomic E-state index is 3.49. The van der Waals surface area contributed by atoms with E-state index in [4.69, 9.17) is 0 Å². The number of aryl methyl sites for hydroxylation is 2. The molecule has 116 valence electrons. The van der Waals surface area contributed by atoms with Gasteiger partial charge in [-0.15, -0.1) is 0 Å². The molecule has 1 aliphatic heterocycles. The number of nitrogens with one attached hydrogen (secondary N) is 1. The minimum atomic E-state index is 0.562. The first kappa shape index (κ1) is 15.1. The summed E-state index contributed by atoms with van der Waals surface area (Å²) in [6.45, 7) is 10.6. The minimum absolute atomic E-state index is 0.562. The van der Waals surface area contributed by atoms with Crippen LogP contribution in [0.5, 0.6) is 0 Å². The number of hydrogen-bond acceptors (Lipinski definition) is 2. The van der Waals surface area contributed by atoms with Crippen LogP contribution in [0.1, 0.15) is 55.3 Å². The lowest BCUT2D eigenvalue weighted by molar-refractivity contribution is 0.151. The molecule has 1 aromatic rings. The van der Waals surface area contributed by atoms with Gasteiger partial charge in [0, 0.05) is 18.6 Å². The zero-order valence-electron chi connectivity index (χ0n) is 13.9. The Morgan fingerprint density at radius 3 is 2.52 bits per heavy atom. The predicted molar refractivity (Wildman–Crippen MR) is 89.7 cm³/mol. The molecule has 2 heteroatoms. The summed E-state index contributed by atoms with van der Waals surface area (Å²) in [5.74, 6) is 0.888. The Kier molecular flexibility index (Phi) is 4.66. The molecule has 1 atom stereocenters. The van der Waals surface area contributed by atoms with E-state index in [9.17, 15) is 0 Å². The van der Waals surface area contributed by atoms with Gasteiger partial charge < -0.3 is 5.32 Å². The van der Waals surface area contributed by atoms with Crippen molar-refractivity contribution in [2.45, 2.75) is 58.5 Å². The second-order valence-electron chi connectivity index (χ2n) is 7.16. The summed E-state index contributed by atoms with van der Waals surface area (Å²) >= 11 is 0. The lowest BCUT2D eigenvalue weighted by atomic mass is 9.94. The van der Waals surface area contributed by atoms with E-state index in [1.807, 2.05) is 0 Å². The third-order valence-electron chi connectivity index (χ3n) is 5.33. The lowest BCUT2D eigenvalue weighted by Gasteiger charge is -2.35. The Hall–Kier alpha value is -0.860. The molecular formula is C19H30N2. The van der Waals surface area contributed by atoms with Gasteiger partial charge in [0.25, 0.3) is 0 Å². The second-order valence-corrected chi connectivity index (χ2v) is 7.16. The largest absolute Gasteiger partial charge is 0.317 e. The first-order valence-corrected chi connectivity index (χ1v) is 8.69. The topological polar surface area (TPSA) is 15.3 Å². The SMILES string of the molecule is Cc1ccc(C)c(C(C)N(CC2CCNCC2)C2CC2)c1. The van der Waals surface area contributed by atoms with E-state index in [1.54, 1.807) is 0 Å². The summed E-state index contributed by atoms with van der Waals surface area (Å²) < 4.78 is 0. The standard InChI is InChI=1S/C19H30N2/c1-14-4-5-15(2)19(12-14)16(3)21(18-6-7-18)13-17-8-10-20-11-9-17/h4-5,12,16-18,20H,6-11,13H2,1-3H3. The highest BCUT2D eigenvalue weighted by Crippen LogP contribution is 2.36. The molecule has 1 N–H and O–H groups in total. The van der Waals surface area contributed by atoms with Crippen LogP contribution in [0.4, 0.5) is 0 Å². The summed E-state index contributed by atoms with van der Waals surface area (Å²) in [5.41, 5.74) is 4.37. The van der Waals surface area contributed by atoms with Crippen LogP contribution in [-0.4, -0.2) is 30.6 Å². The van der Waals surface area contributed by atoms with Crippen LogP contribution in [-0.2, 0) is 0 Å². The van der Waals surface area contributed by atoms with Crippen LogP contribution in [0.2, 0.25) is 0 Å². The highest BCUT2D eigenvalue weighted by molar-refractivity contribution is 5.33. The van der Waals surface area contributed by atoms with E-state index in [1.165, 1.54) is 62.0 Å². The smallest absolute Gasteiger partial charge is 0.0325 e. The highest BCUT2D eigenvalue weighted by Gasteiger charge is 2.34. The van der Waals surface area contributed by atoms with E-state index in [2.05, 4.69) is 49.2 Å². The molecule has 1 aliphatic carbocycles. The molecule has 1 heterocycles. The van der Waals surface area contributed by atoms with Crippen LogP contribution >= 0.6 is 0 Å². The quantitative estimate of drug-likeness (QED) is 0.885. The molecule has 21 heavy (non-hydrogen) atoms. The van der Waals surface area contributed by atoms with Gasteiger partial charge in [0.15, 0.2) is 0 Å². The van der Waals surface area contributed by atoms with Crippen LogP contribution < -0.4 is 5.32 Å². The number of nitrogens with zero attached hydrogens (tertiary/aromatic N) is 1. The van der Waals surface area contributed by atoms with Gasteiger partial charge >= 0.3 is 0 Å². The molecule has 0 aromatic heterocycles. The molecular weight excluding hydrogens is 256 g/mol. The van der Waals surface area contributed by atoms with E-state index in [0.29, 0.717) is 6.04 Å². The molecule has 1 saturated heterocycles. The summed E-state index contributed by atoms with van der Waals surface area (Å²) in [6.07, 6.45) is 5.51. The fraction of sp³-hybridized carbons (Fsp3) is 0.684. The van der Waals surface area contributed by atoms with E-state index >= 15 is 0 Å². The van der Waals surface area contributed by atoms with Crippen molar-refractivity contribution in [2.24, 2.45) is 5.92 Å². The summed E-state index contributed by atoms with van der Waals surface area (Å²) in [6, 6.07) is 8.33. The molecule has 1 unspecified atom stereocenters. The van der Waals surface area contributed by atoms with Gasteiger partial charge in [-0.2, -0.15) is 0 Å². The Morgan fingerprint density at radius 2 is 1.86 bits per heavy atom. The Bertz CT molecular complexity index is 472. The van der Waals surface area contributed by atoms with Gasteiger partial charge in [-0.05, 0) is 76.6 Å². The lowest BCUT2D eigenvalue weighted by Crippen LogP contribution is -2.38. The zero-order valence-corrected chi connectivity index (χ0v) is 13.9. The van der Waals surface area contributed by atoms with Crippen LogP contribution in [0.25, 0.3) is 0 Å². The second kappa shape index (κ2) is 6.50. The third-order valence-corrected chi connectivity index (χ3v) is 5.33. The van der Waals surface area contributed by atoms with Crippen LogP contribution in [0, 0.1) is 19.8 Å². The molecule has 2 aliphatic rings. The van der Waals surface area contributed by atoms with Crippen molar-refractivity contribution < 1.29 is 0 Å². The van der Waals surface area contributed by atoms with E-state index in [-0.39, 0.29) is 0 Å². The maximum absolute atomic E-state index is 3.49. The first-order chi connectivity index (χ1) is 10.1. The van der Waals surface area contributed by atoms with E-state index in [0.717, 1.165) is 12.0 Å². The highest BCUT2D eigenvalue weighted by atomic mass is 15.2. The molecule has 0 radical (unpaired) electrons. The maximum Gasteiger partial charge on any atom is 0.0325 e. The molecule has 0 amide bonds. The third kappa shape index (κ3) is 3.67. The van der Waals surface area contributed by atoms with Gasteiger partial charge in [0.05, 0.1) is 0 Å². The molecule has 1 aromatic carbocycles. The Balaban J connectivity index is 1.74. The van der Waals surface area contributed by atoms with Crippen LogP contribution in [0.3, 0.4) is 0 Å². The molecule has 0 bridgehead atoms. The fourth-order valence-electron chi connectivity index (χ4n) is 3.78. The molecule has 0 spiro atoms. The molecule has 2 fully saturated rings. The Labute approximate surface area is 129 Å². The number of piperidine rings is 1. The average Bonchev–Trinajstić information content (AvgIpc) is 3.32. The summed E-state index contributed by atoms with van der Waals surface area (Å²) in [5, 5.41) is 3.49. The minimum Gasteiger partial charge on any atom is -0.317 e. The van der Waals surface area contributed by atoms with Gasteiger partial charge in [-0.25, -0.2) is 0 Å². The van der Waals surface area contributed by atoms with Gasteiger partial charge in [-0.3, -0.25) is 4.90 Å². The fourth-order valence-corrected chi connectivity index (χ4v) is 3.78. The predicted octanol–water partition coefficient (Wildman–Crippen LogP) is 3.83. The zero-order chi connectivity index (χ0) is 14.8. The van der Waals surface area contributed by atoms with Crippen molar-refractivity contribution in [1.82, 2.24) is 10.2 Å². The molecule has 2 nitrogen and oxygen atoms in total.